The van der Waals surface area contributed by atoms with Crippen LogP contribution < -0.4 is 10.1 Å². The molecule has 0 saturated carbocycles. The van der Waals surface area contributed by atoms with Crippen molar-refractivity contribution in [2.45, 2.75) is 19.3 Å². The number of benzene rings is 1. The molecule has 1 atom stereocenters. The van der Waals surface area contributed by atoms with E-state index in [1.54, 1.807) is 7.11 Å². The van der Waals surface area contributed by atoms with Gasteiger partial charge < -0.3 is 15.2 Å². The molecule has 3 nitrogen and oxygen atoms in total. The summed E-state index contributed by atoms with van der Waals surface area (Å²) in [5, 5.41) is 13.0. The van der Waals surface area contributed by atoms with Crippen molar-refractivity contribution in [2.75, 3.05) is 20.2 Å². The Morgan fingerprint density at radius 3 is 2.87 bits per heavy atom. The zero-order chi connectivity index (χ0) is 10.8. The average Bonchev–Trinajstić information content (AvgIpc) is 2.74. The molecule has 1 unspecified atom stereocenters. The Bertz CT molecular complexity index is 357. The molecule has 1 aliphatic rings. The van der Waals surface area contributed by atoms with E-state index in [1.807, 2.05) is 19.1 Å². The largest absolute Gasteiger partial charge is 0.508 e. The molecule has 1 heterocycles. The first-order chi connectivity index (χ1) is 7.22. The predicted molar refractivity (Wildman–Crippen MR) is 59.6 cm³/mol. The van der Waals surface area contributed by atoms with Gasteiger partial charge in [-0.15, -0.1) is 0 Å². The lowest BCUT2D eigenvalue weighted by atomic mass is 9.96. The van der Waals surface area contributed by atoms with Gasteiger partial charge in [0.1, 0.15) is 11.5 Å². The van der Waals surface area contributed by atoms with Gasteiger partial charge in [-0.3, -0.25) is 0 Å². The summed E-state index contributed by atoms with van der Waals surface area (Å²) >= 11 is 0. The second kappa shape index (κ2) is 4.11. The van der Waals surface area contributed by atoms with Crippen LogP contribution in [0.1, 0.15) is 23.5 Å². The van der Waals surface area contributed by atoms with Crippen molar-refractivity contribution < 1.29 is 9.84 Å². The normalized spacial score (nSPS) is 20.5. The average molecular weight is 207 g/mol. The Hall–Kier alpha value is -1.22. The fourth-order valence-corrected chi connectivity index (χ4v) is 2.10. The van der Waals surface area contributed by atoms with Crippen molar-refractivity contribution in [3.8, 4) is 11.5 Å². The Labute approximate surface area is 90.1 Å². The molecule has 0 amide bonds. The number of aromatic hydroxyl groups is 1. The van der Waals surface area contributed by atoms with E-state index in [2.05, 4.69) is 5.32 Å². The van der Waals surface area contributed by atoms with Crippen molar-refractivity contribution in [3.05, 3.63) is 23.3 Å². The molecule has 1 aliphatic heterocycles. The van der Waals surface area contributed by atoms with E-state index in [1.165, 1.54) is 0 Å². The van der Waals surface area contributed by atoms with Crippen molar-refractivity contribution in [3.63, 3.8) is 0 Å². The third-order valence-corrected chi connectivity index (χ3v) is 3.05. The van der Waals surface area contributed by atoms with E-state index < -0.39 is 0 Å². The molecule has 0 spiro atoms. The lowest BCUT2D eigenvalue weighted by Crippen LogP contribution is -2.08. The summed E-state index contributed by atoms with van der Waals surface area (Å²) in [6, 6.07) is 3.74. The Morgan fingerprint density at radius 1 is 1.47 bits per heavy atom. The number of hydrogen-bond acceptors (Lipinski definition) is 3. The van der Waals surface area contributed by atoms with E-state index in [0.29, 0.717) is 11.7 Å². The molecule has 0 bridgehead atoms. The minimum atomic E-state index is 0.359. The van der Waals surface area contributed by atoms with E-state index in [4.69, 9.17) is 4.74 Å². The number of methoxy groups -OCH3 is 1. The second-order valence-electron chi connectivity index (χ2n) is 4.07. The van der Waals surface area contributed by atoms with Gasteiger partial charge in [-0.25, -0.2) is 0 Å². The maximum atomic E-state index is 9.70. The highest BCUT2D eigenvalue weighted by Gasteiger charge is 2.21. The first-order valence-corrected chi connectivity index (χ1v) is 5.30. The van der Waals surface area contributed by atoms with Crippen molar-refractivity contribution in [1.29, 1.82) is 0 Å². The fraction of sp³-hybridized carbons (Fsp3) is 0.500. The van der Waals surface area contributed by atoms with Crippen LogP contribution in [0.5, 0.6) is 11.5 Å². The molecule has 0 radical (unpaired) electrons. The number of hydrogen-bond donors (Lipinski definition) is 2. The smallest absolute Gasteiger partial charge is 0.122 e. The van der Waals surface area contributed by atoms with Gasteiger partial charge in [-0.05, 0) is 37.6 Å². The van der Waals surface area contributed by atoms with Gasteiger partial charge in [0.25, 0.3) is 0 Å². The molecule has 1 aromatic carbocycles. The zero-order valence-electron chi connectivity index (χ0n) is 9.21. The van der Waals surface area contributed by atoms with Crippen LogP contribution in [-0.2, 0) is 0 Å². The molecular formula is C12H17NO2. The van der Waals surface area contributed by atoms with Crippen LogP contribution in [-0.4, -0.2) is 25.3 Å². The number of ether oxygens (including phenoxy) is 1. The molecule has 82 valence electrons. The van der Waals surface area contributed by atoms with Gasteiger partial charge in [0.15, 0.2) is 0 Å². The zero-order valence-corrected chi connectivity index (χ0v) is 9.21. The minimum absolute atomic E-state index is 0.359. The van der Waals surface area contributed by atoms with Crippen molar-refractivity contribution in [2.24, 2.45) is 0 Å². The topological polar surface area (TPSA) is 41.5 Å². The van der Waals surface area contributed by atoms with E-state index >= 15 is 0 Å². The maximum Gasteiger partial charge on any atom is 0.122 e. The van der Waals surface area contributed by atoms with Gasteiger partial charge in [-0.2, -0.15) is 0 Å². The predicted octanol–water partition coefficient (Wildman–Crippen LogP) is 1.79. The molecule has 3 heteroatoms. The summed E-state index contributed by atoms with van der Waals surface area (Å²) in [7, 11) is 1.68. The number of rotatable bonds is 2. The summed E-state index contributed by atoms with van der Waals surface area (Å²) < 4.78 is 5.35. The van der Waals surface area contributed by atoms with Crippen molar-refractivity contribution >= 4 is 0 Å². The Morgan fingerprint density at radius 2 is 2.27 bits per heavy atom. The summed E-state index contributed by atoms with van der Waals surface area (Å²) in [6.45, 7) is 3.90. The number of nitrogens with one attached hydrogen (secondary N) is 1. The first kappa shape index (κ1) is 10.3. The van der Waals surface area contributed by atoms with Crippen LogP contribution in [0.4, 0.5) is 0 Å². The fourth-order valence-electron chi connectivity index (χ4n) is 2.10. The highest BCUT2D eigenvalue weighted by molar-refractivity contribution is 5.47. The third kappa shape index (κ3) is 1.92. The number of phenolic OH excluding ortho intramolecular Hbond substituents is 1. The van der Waals surface area contributed by atoms with Gasteiger partial charge in [0.2, 0.25) is 0 Å². The van der Waals surface area contributed by atoms with Crippen LogP contribution in [0.15, 0.2) is 12.1 Å². The molecule has 1 aromatic rings. The standard InChI is InChI=1S/C12H17NO2/c1-8-5-12(15-2)10(6-11(8)14)9-3-4-13-7-9/h5-6,9,13-14H,3-4,7H2,1-2H3. The maximum absolute atomic E-state index is 9.70. The molecule has 2 rings (SSSR count). The van der Waals surface area contributed by atoms with E-state index in [-0.39, 0.29) is 0 Å². The third-order valence-electron chi connectivity index (χ3n) is 3.05. The first-order valence-electron chi connectivity index (χ1n) is 5.30. The van der Waals surface area contributed by atoms with Gasteiger partial charge in [0.05, 0.1) is 7.11 Å². The van der Waals surface area contributed by atoms with E-state index in [0.717, 1.165) is 36.4 Å². The second-order valence-corrected chi connectivity index (χ2v) is 4.07. The lowest BCUT2D eigenvalue weighted by Gasteiger charge is -2.15. The van der Waals surface area contributed by atoms with Crippen LogP contribution in [0.2, 0.25) is 0 Å². The molecule has 0 aromatic heterocycles. The SMILES string of the molecule is COc1cc(C)c(O)cc1C1CCNC1. The van der Waals surface area contributed by atoms with Crippen molar-refractivity contribution in [1.82, 2.24) is 5.32 Å². The Kier molecular flexibility index (Phi) is 2.82. The quantitative estimate of drug-likeness (QED) is 0.776. The molecule has 2 N–H and O–H groups in total. The highest BCUT2D eigenvalue weighted by Crippen LogP contribution is 2.35. The molecule has 1 saturated heterocycles. The molecule has 15 heavy (non-hydrogen) atoms. The van der Waals surface area contributed by atoms with Gasteiger partial charge >= 0.3 is 0 Å². The van der Waals surface area contributed by atoms with Crippen LogP contribution in [0.3, 0.4) is 0 Å². The molecule has 0 aliphatic carbocycles. The summed E-state index contributed by atoms with van der Waals surface area (Å²) in [5.74, 6) is 1.71. The summed E-state index contributed by atoms with van der Waals surface area (Å²) in [4.78, 5) is 0. The summed E-state index contributed by atoms with van der Waals surface area (Å²) in [5.41, 5.74) is 1.98. The lowest BCUT2D eigenvalue weighted by molar-refractivity contribution is 0.402. The van der Waals surface area contributed by atoms with Crippen LogP contribution >= 0.6 is 0 Å². The van der Waals surface area contributed by atoms with Gasteiger partial charge in [0, 0.05) is 18.0 Å². The van der Waals surface area contributed by atoms with Crippen LogP contribution in [0, 0.1) is 6.92 Å². The minimum Gasteiger partial charge on any atom is -0.508 e. The monoisotopic (exact) mass is 207 g/mol. The Balaban J connectivity index is 2.39. The number of phenols is 1. The van der Waals surface area contributed by atoms with Gasteiger partial charge in [-0.1, -0.05) is 0 Å². The highest BCUT2D eigenvalue weighted by atomic mass is 16.5. The summed E-state index contributed by atoms with van der Waals surface area (Å²) in [6.07, 6.45) is 1.11. The van der Waals surface area contributed by atoms with Crippen LogP contribution in [0.25, 0.3) is 0 Å². The van der Waals surface area contributed by atoms with E-state index in [9.17, 15) is 5.11 Å². The number of aryl methyl sites for hydroxylation is 1. The molecule has 1 fully saturated rings. The molecular weight excluding hydrogens is 190 g/mol.